The molecule has 19 heavy (non-hydrogen) atoms. The summed E-state index contributed by atoms with van der Waals surface area (Å²) in [5, 5.41) is 2.26. The second-order valence-corrected chi connectivity index (χ2v) is 5.67. The van der Waals surface area contributed by atoms with Crippen molar-refractivity contribution in [2.24, 2.45) is 5.92 Å². The third-order valence-electron chi connectivity index (χ3n) is 4.18. The molecule has 1 saturated heterocycles. The van der Waals surface area contributed by atoms with Gasteiger partial charge in [0, 0.05) is 6.42 Å². The monoisotopic (exact) mass is 266 g/mol. The Morgan fingerprint density at radius 3 is 2.47 bits per heavy atom. The van der Waals surface area contributed by atoms with Crippen LogP contribution >= 0.6 is 0 Å². The molecule has 0 aromatic carbocycles. The summed E-state index contributed by atoms with van der Waals surface area (Å²) in [7, 11) is 0. The summed E-state index contributed by atoms with van der Waals surface area (Å²) in [4.78, 5) is 36.6. The van der Waals surface area contributed by atoms with E-state index in [-0.39, 0.29) is 24.3 Å². The van der Waals surface area contributed by atoms with Gasteiger partial charge in [-0.2, -0.15) is 0 Å². The standard InChI is InChI=1S/C14H22N2O3/c1-10-14(19)15-12(17)9-16(10)13(18)8-11-6-4-2-3-5-7-11/h10-11H,2-9H2,1H3,(H,15,17,19). The fraction of sp³-hybridized carbons (Fsp3) is 0.786. The minimum Gasteiger partial charge on any atom is -0.322 e. The normalized spacial score (nSPS) is 25.9. The van der Waals surface area contributed by atoms with E-state index in [0.29, 0.717) is 12.3 Å². The molecule has 0 aromatic heterocycles. The van der Waals surface area contributed by atoms with E-state index in [1.165, 1.54) is 30.6 Å². The smallest absolute Gasteiger partial charge is 0.249 e. The lowest BCUT2D eigenvalue weighted by Gasteiger charge is -2.32. The van der Waals surface area contributed by atoms with Crippen LogP contribution in [0, 0.1) is 5.92 Å². The Morgan fingerprint density at radius 1 is 1.21 bits per heavy atom. The van der Waals surface area contributed by atoms with Crippen LogP contribution in [-0.2, 0) is 14.4 Å². The molecule has 1 heterocycles. The van der Waals surface area contributed by atoms with Gasteiger partial charge in [0.25, 0.3) is 0 Å². The van der Waals surface area contributed by atoms with Gasteiger partial charge in [0.2, 0.25) is 17.7 Å². The first-order chi connectivity index (χ1) is 9.08. The number of amides is 3. The Balaban J connectivity index is 1.94. The van der Waals surface area contributed by atoms with Crippen molar-refractivity contribution < 1.29 is 14.4 Å². The first-order valence-electron chi connectivity index (χ1n) is 7.21. The molecule has 2 fully saturated rings. The summed E-state index contributed by atoms with van der Waals surface area (Å²) in [5.74, 6) is -0.382. The van der Waals surface area contributed by atoms with Crippen LogP contribution in [-0.4, -0.2) is 35.2 Å². The molecule has 2 aliphatic rings. The molecular weight excluding hydrogens is 244 g/mol. The number of rotatable bonds is 2. The molecule has 1 N–H and O–H groups in total. The van der Waals surface area contributed by atoms with Crippen molar-refractivity contribution in [1.82, 2.24) is 10.2 Å². The molecule has 106 valence electrons. The van der Waals surface area contributed by atoms with Crippen molar-refractivity contribution in [3.63, 3.8) is 0 Å². The lowest BCUT2D eigenvalue weighted by Crippen LogP contribution is -2.58. The highest BCUT2D eigenvalue weighted by Crippen LogP contribution is 2.26. The number of nitrogens with zero attached hydrogens (tertiary/aromatic N) is 1. The molecule has 0 aromatic rings. The van der Waals surface area contributed by atoms with E-state index in [2.05, 4.69) is 5.32 Å². The van der Waals surface area contributed by atoms with E-state index in [1.807, 2.05) is 0 Å². The lowest BCUT2D eigenvalue weighted by molar-refractivity contribution is -0.149. The predicted molar refractivity (Wildman–Crippen MR) is 70.1 cm³/mol. The van der Waals surface area contributed by atoms with E-state index < -0.39 is 6.04 Å². The number of imide groups is 1. The predicted octanol–water partition coefficient (Wildman–Crippen LogP) is 1.22. The van der Waals surface area contributed by atoms with Crippen LogP contribution in [0.4, 0.5) is 0 Å². The molecule has 2 rings (SSSR count). The van der Waals surface area contributed by atoms with E-state index in [4.69, 9.17) is 0 Å². The van der Waals surface area contributed by atoms with Gasteiger partial charge in [0.15, 0.2) is 0 Å². The molecule has 3 amide bonds. The van der Waals surface area contributed by atoms with Crippen molar-refractivity contribution in [2.75, 3.05) is 6.54 Å². The maximum Gasteiger partial charge on any atom is 0.249 e. The Labute approximate surface area is 113 Å². The summed E-state index contributed by atoms with van der Waals surface area (Å²) in [5.41, 5.74) is 0. The zero-order chi connectivity index (χ0) is 13.8. The van der Waals surface area contributed by atoms with E-state index in [9.17, 15) is 14.4 Å². The highest BCUT2D eigenvalue weighted by molar-refractivity contribution is 6.04. The average Bonchev–Trinajstić information content (AvgIpc) is 2.62. The fourth-order valence-corrected chi connectivity index (χ4v) is 2.95. The fourth-order valence-electron chi connectivity index (χ4n) is 2.95. The maximum absolute atomic E-state index is 12.3. The Kier molecular flexibility index (Phi) is 4.56. The van der Waals surface area contributed by atoms with Crippen LogP contribution < -0.4 is 5.32 Å². The van der Waals surface area contributed by atoms with Crippen LogP contribution in [0.25, 0.3) is 0 Å². The van der Waals surface area contributed by atoms with Crippen molar-refractivity contribution in [2.45, 2.75) is 57.9 Å². The van der Waals surface area contributed by atoms with Gasteiger partial charge in [-0.05, 0) is 25.7 Å². The summed E-state index contributed by atoms with van der Waals surface area (Å²) in [6.07, 6.45) is 7.55. The van der Waals surface area contributed by atoms with Gasteiger partial charge in [-0.15, -0.1) is 0 Å². The van der Waals surface area contributed by atoms with E-state index in [1.54, 1.807) is 6.92 Å². The zero-order valence-corrected chi connectivity index (χ0v) is 11.5. The van der Waals surface area contributed by atoms with Gasteiger partial charge in [-0.1, -0.05) is 25.7 Å². The molecule has 0 spiro atoms. The van der Waals surface area contributed by atoms with Gasteiger partial charge in [0.05, 0.1) is 0 Å². The molecule has 5 nitrogen and oxygen atoms in total. The summed E-state index contributed by atoms with van der Waals surface area (Å²) in [6, 6.07) is -0.532. The molecule has 1 unspecified atom stereocenters. The quantitative estimate of drug-likeness (QED) is 0.603. The number of hydrogen-bond donors (Lipinski definition) is 1. The first-order valence-corrected chi connectivity index (χ1v) is 7.21. The van der Waals surface area contributed by atoms with Crippen molar-refractivity contribution in [1.29, 1.82) is 0 Å². The molecule has 5 heteroatoms. The highest BCUT2D eigenvalue weighted by Gasteiger charge is 2.34. The Morgan fingerprint density at radius 2 is 1.84 bits per heavy atom. The van der Waals surface area contributed by atoms with Crippen LogP contribution in [0.1, 0.15) is 51.9 Å². The Hall–Kier alpha value is -1.39. The molecule has 1 aliphatic carbocycles. The van der Waals surface area contributed by atoms with Crippen molar-refractivity contribution >= 4 is 17.7 Å². The molecule has 0 bridgehead atoms. The zero-order valence-electron chi connectivity index (χ0n) is 11.5. The largest absolute Gasteiger partial charge is 0.322 e. The third-order valence-corrected chi connectivity index (χ3v) is 4.18. The van der Waals surface area contributed by atoms with Gasteiger partial charge < -0.3 is 4.90 Å². The van der Waals surface area contributed by atoms with Gasteiger partial charge in [-0.25, -0.2) is 0 Å². The maximum atomic E-state index is 12.3. The minimum atomic E-state index is -0.532. The van der Waals surface area contributed by atoms with Gasteiger partial charge in [-0.3, -0.25) is 19.7 Å². The second kappa shape index (κ2) is 6.17. The third kappa shape index (κ3) is 3.55. The molecule has 1 saturated carbocycles. The van der Waals surface area contributed by atoms with Crippen LogP contribution in [0.3, 0.4) is 0 Å². The highest BCUT2D eigenvalue weighted by atomic mass is 16.2. The number of piperazine rings is 1. The van der Waals surface area contributed by atoms with Gasteiger partial charge in [0.1, 0.15) is 12.6 Å². The number of hydrogen-bond acceptors (Lipinski definition) is 3. The molecule has 0 radical (unpaired) electrons. The second-order valence-electron chi connectivity index (χ2n) is 5.67. The summed E-state index contributed by atoms with van der Waals surface area (Å²) in [6.45, 7) is 1.69. The molecular formula is C14H22N2O3. The number of carbonyl (C=O) groups excluding carboxylic acids is 3. The van der Waals surface area contributed by atoms with Gasteiger partial charge >= 0.3 is 0 Å². The van der Waals surface area contributed by atoms with Crippen LogP contribution in [0.2, 0.25) is 0 Å². The Bertz CT molecular complexity index is 373. The molecule has 1 atom stereocenters. The lowest BCUT2D eigenvalue weighted by atomic mass is 9.95. The SMILES string of the molecule is CC1C(=O)NC(=O)CN1C(=O)CC1CCCCCC1. The van der Waals surface area contributed by atoms with Crippen molar-refractivity contribution in [3.8, 4) is 0 Å². The van der Waals surface area contributed by atoms with E-state index >= 15 is 0 Å². The van der Waals surface area contributed by atoms with Crippen LogP contribution in [0.15, 0.2) is 0 Å². The number of nitrogens with one attached hydrogen (secondary N) is 1. The summed E-state index contributed by atoms with van der Waals surface area (Å²) >= 11 is 0. The van der Waals surface area contributed by atoms with E-state index in [0.717, 1.165) is 12.8 Å². The van der Waals surface area contributed by atoms with Crippen molar-refractivity contribution in [3.05, 3.63) is 0 Å². The first kappa shape index (κ1) is 14.0. The minimum absolute atomic E-state index is 0.0124. The number of carbonyl (C=O) groups is 3. The summed E-state index contributed by atoms with van der Waals surface area (Å²) < 4.78 is 0. The molecule has 1 aliphatic heterocycles. The topological polar surface area (TPSA) is 66.5 Å². The average molecular weight is 266 g/mol. The van der Waals surface area contributed by atoms with Crippen LogP contribution in [0.5, 0.6) is 0 Å².